The van der Waals surface area contributed by atoms with Gasteiger partial charge in [0.25, 0.3) is 15.9 Å². The minimum atomic E-state index is -3.90. The molecular weight excluding hydrogens is 464 g/mol. The number of nitrogens with zero attached hydrogens (tertiary/aromatic N) is 1. The zero-order chi connectivity index (χ0) is 25.2. The van der Waals surface area contributed by atoms with Crippen molar-refractivity contribution in [1.82, 2.24) is 5.32 Å². The van der Waals surface area contributed by atoms with Gasteiger partial charge in [-0.2, -0.15) is 0 Å². The van der Waals surface area contributed by atoms with Gasteiger partial charge in [0, 0.05) is 0 Å². The predicted molar refractivity (Wildman–Crippen MR) is 136 cm³/mol. The van der Waals surface area contributed by atoms with E-state index in [0.29, 0.717) is 11.4 Å². The fourth-order valence-corrected chi connectivity index (χ4v) is 5.44. The van der Waals surface area contributed by atoms with Crippen LogP contribution < -0.4 is 19.1 Å². The van der Waals surface area contributed by atoms with Crippen LogP contribution in [0.15, 0.2) is 65.6 Å². The highest BCUT2D eigenvalue weighted by molar-refractivity contribution is 7.92. The average molecular weight is 495 g/mol. The van der Waals surface area contributed by atoms with Gasteiger partial charge in [0.1, 0.15) is 18.1 Å². The summed E-state index contributed by atoms with van der Waals surface area (Å²) in [4.78, 5) is 13.1. The summed E-state index contributed by atoms with van der Waals surface area (Å²) < 4.78 is 40.0. The van der Waals surface area contributed by atoms with Crippen LogP contribution >= 0.6 is 0 Å². The van der Waals surface area contributed by atoms with Crippen LogP contribution in [0.2, 0.25) is 0 Å². The van der Waals surface area contributed by atoms with Gasteiger partial charge < -0.3 is 14.8 Å². The summed E-state index contributed by atoms with van der Waals surface area (Å²) in [6, 6.07) is 17.9. The van der Waals surface area contributed by atoms with E-state index in [1.54, 1.807) is 36.4 Å². The number of sulfonamides is 1. The fraction of sp³-hybridized carbons (Fsp3) is 0.296. The van der Waals surface area contributed by atoms with Gasteiger partial charge in [0.05, 0.1) is 23.7 Å². The smallest absolute Gasteiger partial charge is 0.264 e. The molecule has 0 aromatic heterocycles. The molecule has 1 N–H and O–H groups in total. The van der Waals surface area contributed by atoms with Crippen molar-refractivity contribution in [1.29, 1.82) is 0 Å². The number of fused-ring (bicyclic) bond motifs is 1. The quantitative estimate of drug-likeness (QED) is 0.501. The van der Waals surface area contributed by atoms with E-state index in [1.165, 1.54) is 4.31 Å². The Balaban J connectivity index is 1.48. The molecule has 1 aliphatic rings. The maximum atomic E-state index is 13.5. The van der Waals surface area contributed by atoms with Crippen molar-refractivity contribution in [3.63, 3.8) is 0 Å². The molecule has 1 aliphatic heterocycles. The molecule has 0 saturated carbocycles. The van der Waals surface area contributed by atoms with Crippen molar-refractivity contribution >= 4 is 21.6 Å². The number of anilines is 1. The number of carbonyl (C=O) groups excluding carboxylic acids is 1. The zero-order valence-electron chi connectivity index (χ0n) is 20.4. The number of hydrogen-bond donors (Lipinski definition) is 1. The van der Waals surface area contributed by atoms with Gasteiger partial charge in [-0.3, -0.25) is 9.10 Å². The van der Waals surface area contributed by atoms with Crippen molar-refractivity contribution in [3.05, 3.63) is 82.9 Å². The van der Waals surface area contributed by atoms with Crippen molar-refractivity contribution < 1.29 is 22.7 Å². The summed E-state index contributed by atoms with van der Waals surface area (Å²) in [6.45, 7) is 8.18. The Kier molecular flexibility index (Phi) is 7.03. The minimum Gasteiger partial charge on any atom is -0.491 e. The van der Waals surface area contributed by atoms with Crippen molar-refractivity contribution in [2.45, 2.75) is 38.7 Å². The number of carbonyl (C=O) groups is 1. The highest BCUT2D eigenvalue weighted by atomic mass is 32.2. The highest BCUT2D eigenvalue weighted by Crippen LogP contribution is 2.37. The molecule has 3 aromatic rings. The predicted octanol–water partition coefficient (Wildman–Crippen LogP) is 4.07. The molecule has 1 atom stereocenters. The number of ether oxygens (including phenoxy) is 2. The normalized spacial score (nSPS) is 15.2. The molecule has 35 heavy (non-hydrogen) atoms. The molecule has 0 radical (unpaired) electrons. The van der Waals surface area contributed by atoms with Crippen LogP contribution in [0.25, 0.3) is 0 Å². The first-order chi connectivity index (χ1) is 16.6. The van der Waals surface area contributed by atoms with E-state index in [0.717, 1.165) is 28.0 Å². The molecule has 0 bridgehead atoms. The van der Waals surface area contributed by atoms with E-state index in [-0.39, 0.29) is 24.6 Å². The van der Waals surface area contributed by atoms with Gasteiger partial charge in [-0.1, -0.05) is 41.5 Å². The van der Waals surface area contributed by atoms with Crippen molar-refractivity contribution in [2.24, 2.45) is 0 Å². The molecule has 3 aromatic carbocycles. The molecule has 0 spiro atoms. The number of hydrogen-bond acceptors (Lipinski definition) is 5. The molecular formula is C27H30N2O5S. The Labute approximate surface area is 206 Å². The van der Waals surface area contributed by atoms with Gasteiger partial charge in [-0.05, 0) is 69.2 Å². The molecule has 1 heterocycles. The highest BCUT2D eigenvalue weighted by Gasteiger charge is 2.37. The summed E-state index contributed by atoms with van der Waals surface area (Å²) in [5.74, 6) is 0.715. The Morgan fingerprint density at radius 2 is 1.63 bits per heavy atom. The summed E-state index contributed by atoms with van der Waals surface area (Å²) in [7, 11) is -3.90. The van der Waals surface area contributed by atoms with Gasteiger partial charge in [0.15, 0.2) is 6.10 Å². The topological polar surface area (TPSA) is 84.9 Å². The number of benzene rings is 3. The Hall–Kier alpha value is -3.52. The third kappa shape index (κ3) is 5.43. The van der Waals surface area contributed by atoms with E-state index >= 15 is 0 Å². The number of amides is 1. The second-order valence-electron chi connectivity index (χ2n) is 8.84. The van der Waals surface area contributed by atoms with Crippen LogP contribution in [-0.2, 0) is 14.8 Å². The molecule has 0 fully saturated rings. The third-order valence-corrected chi connectivity index (χ3v) is 7.67. The van der Waals surface area contributed by atoms with Crippen LogP contribution in [0, 0.1) is 27.7 Å². The lowest BCUT2D eigenvalue weighted by molar-refractivity contribution is -0.127. The lowest BCUT2D eigenvalue weighted by Crippen LogP contribution is -2.51. The van der Waals surface area contributed by atoms with E-state index in [2.05, 4.69) is 5.32 Å². The minimum absolute atomic E-state index is 0.129. The number of nitrogens with one attached hydrogen (secondary N) is 1. The SMILES string of the molecule is Cc1ccc(S(=O)(=O)N2C[C@@H](C(=O)NCCOc3ccc(C)cc3C)Oc3ccc(C)cc32)cc1. The van der Waals surface area contributed by atoms with E-state index in [1.807, 2.05) is 52.0 Å². The van der Waals surface area contributed by atoms with E-state index in [4.69, 9.17) is 9.47 Å². The average Bonchev–Trinajstić information content (AvgIpc) is 2.82. The van der Waals surface area contributed by atoms with Crippen LogP contribution in [0.4, 0.5) is 5.69 Å². The van der Waals surface area contributed by atoms with Gasteiger partial charge >= 0.3 is 0 Å². The number of aryl methyl sites for hydroxylation is 4. The fourth-order valence-electron chi connectivity index (χ4n) is 3.97. The largest absolute Gasteiger partial charge is 0.491 e. The van der Waals surface area contributed by atoms with Crippen LogP contribution in [0.1, 0.15) is 22.3 Å². The number of rotatable bonds is 7. The monoisotopic (exact) mass is 494 g/mol. The van der Waals surface area contributed by atoms with E-state index in [9.17, 15) is 13.2 Å². The molecule has 4 rings (SSSR count). The second-order valence-corrected chi connectivity index (χ2v) is 10.7. The third-order valence-electron chi connectivity index (χ3n) is 5.87. The molecule has 7 nitrogen and oxygen atoms in total. The molecule has 0 aliphatic carbocycles. The molecule has 184 valence electrons. The molecule has 1 amide bonds. The van der Waals surface area contributed by atoms with Crippen molar-refractivity contribution in [2.75, 3.05) is 24.0 Å². The second kappa shape index (κ2) is 10.00. The van der Waals surface area contributed by atoms with Crippen molar-refractivity contribution in [3.8, 4) is 11.5 Å². The first-order valence-corrected chi connectivity index (χ1v) is 12.9. The Morgan fingerprint density at radius 1 is 0.971 bits per heavy atom. The lowest BCUT2D eigenvalue weighted by Gasteiger charge is -2.35. The molecule has 8 heteroatoms. The van der Waals surface area contributed by atoms with Crippen LogP contribution in [0.5, 0.6) is 11.5 Å². The molecule has 0 unspecified atom stereocenters. The first kappa shape index (κ1) is 24.6. The lowest BCUT2D eigenvalue weighted by atomic mass is 10.1. The maximum absolute atomic E-state index is 13.5. The van der Waals surface area contributed by atoms with Gasteiger partial charge in [0.2, 0.25) is 0 Å². The van der Waals surface area contributed by atoms with E-state index < -0.39 is 22.0 Å². The summed E-state index contributed by atoms with van der Waals surface area (Å²) in [5, 5.41) is 2.80. The molecule has 0 saturated heterocycles. The Bertz CT molecular complexity index is 1340. The Morgan fingerprint density at radius 3 is 2.34 bits per heavy atom. The summed E-state index contributed by atoms with van der Waals surface area (Å²) >= 11 is 0. The van der Waals surface area contributed by atoms with Crippen LogP contribution in [-0.4, -0.2) is 40.1 Å². The first-order valence-electron chi connectivity index (χ1n) is 11.5. The van der Waals surface area contributed by atoms with Gasteiger partial charge in [-0.15, -0.1) is 0 Å². The maximum Gasteiger partial charge on any atom is 0.264 e. The summed E-state index contributed by atoms with van der Waals surface area (Å²) in [5.41, 5.74) is 4.45. The zero-order valence-corrected chi connectivity index (χ0v) is 21.2. The summed E-state index contributed by atoms with van der Waals surface area (Å²) in [6.07, 6.45) is -0.994. The standard InChI is InChI=1S/C27H30N2O5S/c1-18-5-9-22(10-6-18)35(31,32)29-17-26(34-25-12-8-20(3)16-23(25)29)27(30)28-13-14-33-24-11-7-19(2)15-21(24)4/h5-12,15-16,26H,13-14,17H2,1-4H3,(H,28,30)/t26-/m0/s1. The van der Waals surface area contributed by atoms with Gasteiger partial charge in [-0.25, -0.2) is 8.42 Å². The van der Waals surface area contributed by atoms with Crippen LogP contribution in [0.3, 0.4) is 0 Å².